The minimum Gasteiger partial charge on any atom is -0.502 e. The molecular weight excluding hydrogens is 398 g/mol. The maximum atomic E-state index is 13.4. The van der Waals surface area contributed by atoms with Crippen LogP contribution in [0.5, 0.6) is 11.5 Å². The number of carbonyl (C=O) groups is 1. The average molecular weight is 423 g/mol. The lowest BCUT2D eigenvalue weighted by Crippen LogP contribution is -2.41. The molecule has 2 atom stereocenters. The number of methoxy groups -OCH3 is 1. The van der Waals surface area contributed by atoms with Crippen molar-refractivity contribution < 1.29 is 24.2 Å². The van der Waals surface area contributed by atoms with E-state index in [9.17, 15) is 19.8 Å². The Labute approximate surface area is 179 Å². The Morgan fingerprint density at radius 3 is 2.42 bits per heavy atom. The maximum absolute atomic E-state index is 13.4. The van der Waals surface area contributed by atoms with Crippen LogP contribution in [0.1, 0.15) is 33.5 Å². The van der Waals surface area contributed by atoms with Gasteiger partial charge in [0.25, 0.3) is 0 Å². The molecule has 0 aliphatic rings. The zero-order valence-electron chi connectivity index (χ0n) is 17.4. The molecule has 3 aromatic rings. The number of rotatable bonds is 9. The van der Waals surface area contributed by atoms with Gasteiger partial charge in [-0.05, 0) is 43.2 Å². The number of aromatic hydroxyl groups is 1. The van der Waals surface area contributed by atoms with Gasteiger partial charge in [-0.1, -0.05) is 30.3 Å². The van der Waals surface area contributed by atoms with Crippen molar-refractivity contribution in [1.82, 2.24) is 5.32 Å². The predicted octanol–water partition coefficient (Wildman–Crippen LogP) is 2.78. The van der Waals surface area contributed by atoms with E-state index in [4.69, 9.17) is 9.15 Å². The number of hydrogen-bond acceptors (Lipinski definition) is 7. The first kappa shape index (κ1) is 22.3. The smallest absolute Gasteiger partial charge is 0.227 e. The summed E-state index contributed by atoms with van der Waals surface area (Å²) in [5.41, 5.74) is 0.648. The fourth-order valence-electron chi connectivity index (χ4n) is 3.32. The maximum Gasteiger partial charge on any atom is 0.227 e. The van der Waals surface area contributed by atoms with Gasteiger partial charge in [-0.2, -0.15) is 0 Å². The van der Waals surface area contributed by atoms with Gasteiger partial charge in [-0.3, -0.25) is 14.9 Å². The lowest BCUT2D eigenvalue weighted by atomic mass is 9.98. The molecule has 1 heterocycles. The van der Waals surface area contributed by atoms with Gasteiger partial charge in [0.2, 0.25) is 11.2 Å². The molecule has 0 saturated heterocycles. The standard InChI is InChI=1S/C24H25NO6/c1-15-12-20(27)23(29)24(31-15)21(22(28)17-8-10-19(30-2)11-9-17)25-18(14-26)13-16-6-4-3-5-7-16/h3-12,18,21,25-26,29H,13-14H2,1-2H3/t18-,21?/m1/s1. The SMILES string of the molecule is COc1ccc(C(=O)C(N[C@@H](CO)Cc2ccccc2)c2oc(C)cc(=O)c2O)cc1. The van der Waals surface area contributed by atoms with Gasteiger partial charge in [0, 0.05) is 17.7 Å². The molecule has 3 N–H and O–H groups in total. The van der Waals surface area contributed by atoms with E-state index in [2.05, 4.69) is 5.32 Å². The molecule has 0 bridgehead atoms. The van der Waals surface area contributed by atoms with Crippen LogP contribution in [0.15, 0.2) is 69.9 Å². The third-order valence-corrected chi connectivity index (χ3v) is 4.92. The van der Waals surface area contributed by atoms with E-state index in [1.54, 1.807) is 31.2 Å². The van der Waals surface area contributed by atoms with Crippen molar-refractivity contribution >= 4 is 5.78 Å². The van der Waals surface area contributed by atoms with E-state index in [-0.39, 0.29) is 18.1 Å². The average Bonchev–Trinajstić information content (AvgIpc) is 2.79. The van der Waals surface area contributed by atoms with Crippen molar-refractivity contribution in [3.63, 3.8) is 0 Å². The van der Waals surface area contributed by atoms with Crippen molar-refractivity contribution in [3.05, 3.63) is 93.5 Å². The Balaban J connectivity index is 1.99. The van der Waals surface area contributed by atoms with Crippen molar-refractivity contribution in [2.75, 3.05) is 13.7 Å². The summed E-state index contributed by atoms with van der Waals surface area (Å²) in [6, 6.07) is 15.4. The molecule has 7 heteroatoms. The van der Waals surface area contributed by atoms with Crippen molar-refractivity contribution in [2.24, 2.45) is 0 Å². The summed E-state index contributed by atoms with van der Waals surface area (Å²) in [5, 5.41) is 23.4. The fraction of sp³-hybridized carbons (Fsp3) is 0.250. The molecule has 2 aromatic carbocycles. The molecule has 0 radical (unpaired) electrons. The van der Waals surface area contributed by atoms with Gasteiger partial charge in [0.15, 0.2) is 11.5 Å². The van der Waals surface area contributed by atoms with Crippen LogP contribution in [0.2, 0.25) is 0 Å². The van der Waals surface area contributed by atoms with Crippen LogP contribution < -0.4 is 15.5 Å². The number of hydrogen-bond donors (Lipinski definition) is 3. The fourth-order valence-corrected chi connectivity index (χ4v) is 3.32. The number of benzene rings is 2. The summed E-state index contributed by atoms with van der Waals surface area (Å²) in [6.07, 6.45) is 0.431. The Hall–Kier alpha value is -3.42. The Morgan fingerprint density at radius 2 is 1.81 bits per heavy atom. The molecule has 7 nitrogen and oxygen atoms in total. The summed E-state index contributed by atoms with van der Waals surface area (Å²) in [7, 11) is 1.52. The highest BCUT2D eigenvalue weighted by Crippen LogP contribution is 2.27. The second-order valence-corrected chi connectivity index (χ2v) is 7.20. The van der Waals surface area contributed by atoms with Crippen LogP contribution in [-0.4, -0.2) is 35.8 Å². The molecule has 3 rings (SSSR count). The number of nitrogens with one attached hydrogen (secondary N) is 1. The topological polar surface area (TPSA) is 109 Å². The molecule has 0 aliphatic carbocycles. The minimum absolute atomic E-state index is 0.183. The lowest BCUT2D eigenvalue weighted by Gasteiger charge is -2.24. The summed E-state index contributed by atoms with van der Waals surface area (Å²) in [5.74, 6) is -0.393. The highest BCUT2D eigenvalue weighted by Gasteiger charge is 2.31. The number of carbonyl (C=O) groups excluding carboxylic acids is 1. The molecule has 31 heavy (non-hydrogen) atoms. The Kier molecular flexibility index (Phi) is 7.23. The van der Waals surface area contributed by atoms with Gasteiger partial charge < -0.3 is 19.4 Å². The lowest BCUT2D eigenvalue weighted by molar-refractivity contribution is 0.0907. The molecule has 0 saturated carbocycles. The second kappa shape index (κ2) is 10.1. The Bertz CT molecular complexity index is 1080. The summed E-state index contributed by atoms with van der Waals surface area (Å²) in [6.45, 7) is 1.30. The first-order valence-corrected chi connectivity index (χ1v) is 9.85. The van der Waals surface area contributed by atoms with E-state index >= 15 is 0 Å². The highest BCUT2D eigenvalue weighted by atomic mass is 16.5. The number of aliphatic hydroxyl groups excluding tert-OH is 1. The van der Waals surface area contributed by atoms with Gasteiger partial charge in [-0.25, -0.2) is 0 Å². The van der Waals surface area contributed by atoms with Gasteiger partial charge in [0.1, 0.15) is 17.6 Å². The van der Waals surface area contributed by atoms with Crippen LogP contribution in [0, 0.1) is 6.92 Å². The van der Waals surface area contributed by atoms with Crippen molar-refractivity contribution in [3.8, 4) is 11.5 Å². The van der Waals surface area contributed by atoms with E-state index < -0.39 is 29.0 Å². The second-order valence-electron chi connectivity index (χ2n) is 7.20. The molecule has 1 unspecified atom stereocenters. The number of aryl methyl sites for hydroxylation is 1. The largest absolute Gasteiger partial charge is 0.502 e. The molecular formula is C24H25NO6. The quantitative estimate of drug-likeness (QED) is 0.454. The molecule has 0 amide bonds. The number of aliphatic hydroxyl groups is 1. The number of ether oxygens (including phenoxy) is 1. The summed E-state index contributed by atoms with van der Waals surface area (Å²) in [4.78, 5) is 25.5. The predicted molar refractivity (Wildman–Crippen MR) is 116 cm³/mol. The Morgan fingerprint density at radius 1 is 1.13 bits per heavy atom. The third-order valence-electron chi connectivity index (χ3n) is 4.92. The van der Waals surface area contributed by atoms with Gasteiger partial charge >= 0.3 is 0 Å². The zero-order chi connectivity index (χ0) is 22.4. The van der Waals surface area contributed by atoms with Gasteiger partial charge in [-0.15, -0.1) is 0 Å². The highest BCUT2D eigenvalue weighted by molar-refractivity contribution is 6.00. The normalized spacial score (nSPS) is 12.9. The molecule has 0 aliphatic heterocycles. The minimum atomic E-state index is -1.18. The van der Waals surface area contributed by atoms with Crippen LogP contribution in [0.3, 0.4) is 0 Å². The van der Waals surface area contributed by atoms with Crippen LogP contribution >= 0.6 is 0 Å². The zero-order valence-corrected chi connectivity index (χ0v) is 17.4. The number of Topliss-reactive ketones (excluding diaryl/α,β-unsaturated/α-hetero) is 1. The first-order chi connectivity index (χ1) is 14.9. The van der Waals surface area contributed by atoms with E-state index in [1.165, 1.54) is 7.11 Å². The van der Waals surface area contributed by atoms with Crippen molar-refractivity contribution in [1.29, 1.82) is 0 Å². The van der Waals surface area contributed by atoms with E-state index in [1.807, 2.05) is 30.3 Å². The van der Waals surface area contributed by atoms with Crippen LogP contribution in [-0.2, 0) is 6.42 Å². The molecule has 162 valence electrons. The van der Waals surface area contributed by atoms with E-state index in [0.29, 0.717) is 17.7 Å². The summed E-state index contributed by atoms with van der Waals surface area (Å²) >= 11 is 0. The molecule has 1 aromatic heterocycles. The third kappa shape index (κ3) is 5.39. The monoisotopic (exact) mass is 423 g/mol. The first-order valence-electron chi connectivity index (χ1n) is 9.85. The van der Waals surface area contributed by atoms with E-state index in [0.717, 1.165) is 11.6 Å². The van der Waals surface area contributed by atoms with Crippen LogP contribution in [0.25, 0.3) is 0 Å². The molecule has 0 spiro atoms. The van der Waals surface area contributed by atoms with Crippen molar-refractivity contribution in [2.45, 2.75) is 25.4 Å². The van der Waals surface area contributed by atoms with Crippen LogP contribution in [0.4, 0.5) is 0 Å². The molecule has 0 fully saturated rings. The number of ketones is 1. The van der Waals surface area contributed by atoms with Gasteiger partial charge in [0.05, 0.1) is 13.7 Å². The summed E-state index contributed by atoms with van der Waals surface area (Å²) < 4.78 is 10.7.